The van der Waals surface area contributed by atoms with Crippen LogP contribution in [0, 0.1) is 0 Å². The van der Waals surface area contributed by atoms with Crippen molar-refractivity contribution < 1.29 is 19.2 Å². The van der Waals surface area contributed by atoms with Crippen molar-refractivity contribution in [3.63, 3.8) is 0 Å². The van der Waals surface area contributed by atoms with Gasteiger partial charge in [-0.05, 0) is 32.4 Å². The van der Waals surface area contributed by atoms with E-state index in [0.717, 1.165) is 0 Å². The van der Waals surface area contributed by atoms with Gasteiger partial charge in [0.2, 0.25) is 0 Å². The molecular weight excluding hydrogens is 236 g/mol. The third-order valence-electron chi connectivity index (χ3n) is 1.72. The quantitative estimate of drug-likeness (QED) is 0.809. The fraction of sp³-hybridized carbons (Fsp3) is 0.417. The molecule has 6 heteroatoms. The van der Waals surface area contributed by atoms with Crippen LogP contribution in [-0.4, -0.2) is 22.6 Å². The van der Waals surface area contributed by atoms with Gasteiger partial charge in [0.25, 0.3) is 0 Å². The lowest BCUT2D eigenvalue weighted by atomic mass is 10.2. The first-order valence-corrected chi connectivity index (χ1v) is 5.44. The van der Waals surface area contributed by atoms with Gasteiger partial charge >= 0.3 is 12.1 Å². The highest BCUT2D eigenvalue weighted by molar-refractivity contribution is 5.75. The molecule has 1 N–H and O–H groups in total. The number of pyridine rings is 1. The molecule has 0 saturated heterocycles. The van der Waals surface area contributed by atoms with Crippen LogP contribution in [0.5, 0.6) is 0 Å². The predicted molar refractivity (Wildman–Crippen MR) is 63.4 cm³/mol. The number of nitrogens with one attached hydrogen (secondary N) is 1. The molecule has 0 spiro atoms. The molecule has 98 valence electrons. The van der Waals surface area contributed by atoms with Gasteiger partial charge in [-0.25, -0.2) is 9.59 Å². The van der Waals surface area contributed by atoms with E-state index in [2.05, 4.69) is 9.82 Å². The minimum atomic E-state index is -0.804. The molecule has 18 heavy (non-hydrogen) atoms. The van der Waals surface area contributed by atoms with Crippen molar-refractivity contribution in [1.82, 2.24) is 10.5 Å². The number of carbonyl (C=O) groups is 2. The SMILES string of the molecule is CC(C)(C)OC(=O)NOC(=O)Cc1cccnc1. The molecule has 0 aliphatic rings. The van der Waals surface area contributed by atoms with Gasteiger partial charge < -0.3 is 9.57 Å². The molecule has 0 radical (unpaired) electrons. The summed E-state index contributed by atoms with van der Waals surface area (Å²) in [5.74, 6) is -0.589. The van der Waals surface area contributed by atoms with Gasteiger partial charge in [-0.1, -0.05) is 6.07 Å². The first kappa shape index (κ1) is 14.0. The molecular formula is C12H16N2O4. The second kappa shape index (κ2) is 6.00. The Morgan fingerprint density at radius 1 is 1.39 bits per heavy atom. The van der Waals surface area contributed by atoms with Crippen molar-refractivity contribution in [3.05, 3.63) is 30.1 Å². The summed E-state index contributed by atoms with van der Waals surface area (Å²) in [5.41, 5.74) is 1.99. The number of rotatable bonds is 2. The van der Waals surface area contributed by atoms with Gasteiger partial charge in [0.05, 0.1) is 6.42 Å². The van der Waals surface area contributed by atoms with E-state index < -0.39 is 17.7 Å². The first-order valence-electron chi connectivity index (χ1n) is 5.44. The van der Waals surface area contributed by atoms with Crippen LogP contribution in [0.2, 0.25) is 0 Å². The number of nitrogens with zero attached hydrogens (tertiary/aromatic N) is 1. The Morgan fingerprint density at radius 2 is 2.11 bits per heavy atom. The molecule has 0 saturated carbocycles. The van der Waals surface area contributed by atoms with Crippen molar-refractivity contribution in [1.29, 1.82) is 0 Å². The monoisotopic (exact) mass is 252 g/mol. The van der Waals surface area contributed by atoms with Crippen molar-refractivity contribution in [2.45, 2.75) is 32.8 Å². The van der Waals surface area contributed by atoms with Crippen LogP contribution in [0.25, 0.3) is 0 Å². The topological polar surface area (TPSA) is 77.5 Å². The second-order valence-electron chi connectivity index (χ2n) is 4.62. The van der Waals surface area contributed by atoms with Gasteiger partial charge in [0.15, 0.2) is 0 Å². The summed E-state index contributed by atoms with van der Waals surface area (Å²) in [6.45, 7) is 5.14. The van der Waals surface area contributed by atoms with E-state index in [9.17, 15) is 9.59 Å². The molecule has 1 aromatic rings. The van der Waals surface area contributed by atoms with Crippen LogP contribution in [0.3, 0.4) is 0 Å². The van der Waals surface area contributed by atoms with E-state index in [1.165, 1.54) is 0 Å². The maximum Gasteiger partial charge on any atom is 0.441 e. The smallest absolute Gasteiger partial charge is 0.441 e. The van der Waals surface area contributed by atoms with Gasteiger partial charge in [-0.2, -0.15) is 0 Å². The lowest BCUT2D eigenvalue weighted by molar-refractivity contribution is -0.149. The molecule has 6 nitrogen and oxygen atoms in total. The normalized spacial score (nSPS) is 10.6. The Labute approximate surface area is 105 Å². The Hall–Kier alpha value is -2.11. The summed E-state index contributed by atoms with van der Waals surface area (Å²) in [7, 11) is 0. The third-order valence-corrected chi connectivity index (χ3v) is 1.72. The highest BCUT2D eigenvalue weighted by Crippen LogP contribution is 2.06. The number of hydrogen-bond acceptors (Lipinski definition) is 5. The lowest BCUT2D eigenvalue weighted by Crippen LogP contribution is -2.34. The molecule has 0 aliphatic heterocycles. The van der Waals surface area contributed by atoms with Crippen LogP contribution in [0.1, 0.15) is 26.3 Å². The van der Waals surface area contributed by atoms with E-state index in [0.29, 0.717) is 5.56 Å². The van der Waals surface area contributed by atoms with Crippen LogP contribution in [0.4, 0.5) is 4.79 Å². The maximum absolute atomic E-state index is 11.4. The molecule has 1 heterocycles. The zero-order valence-corrected chi connectivity index (χ0v) is 10.6. The van der Waals surface area contributed by atoms with Gasteiger partial charge in [0.1, 0.15) is 5.60 Å². The molecule has 0 bridgehead atoms. The standard InChI is InChI=1S/C12H16N2O4/c1-12(2,3)17-11(16)14-18-10(15)7-9-5-4-6-13-8-9/h4-6,8H,7H2,1-3H3,(H,14,16). The molecule has 0 unspecified atom stereocenters. The average Bonchev–Trinajstić information content (AvgIpc) is 2.25. The molecule has 0 aromatic carbocycles. The summed E-state index contributed by atoms with van der Waals surface area (Å²) in [4.78, 5) is 31.0. The maximum atomic E-state index is 11.4. The first-order chi connectivity index (χ1) is 8.37. The van der Waals surface area contributed by atoms with E-state index in [4.69, 9.17) is 4.74 Å². The molecule has 1 aromatic heterocycles. The van der Waals surface area contributed by atoms with Crippen molar-refractivity contribution in [2.75, 3.05) is 0 Å². The summed E-state index contributed by atoms with van der Waals surface area (Å²) >= 11 is 0. The zero-order chi connectivity index (χ0) is 13.6. The fourth-order valence-corrected chi connectivity index (χ4v) is 1.10. The van der Waals surface area contributed by atoms with Crippen molar-refractivity contribution >= 4 is 12.1 Å². The Bertz CT molecular complexity index is 412. The molecule has 1 rings (SSSR count). The van der Waals surface area contributed by atoms with E-state index in [1.54, 1.807) is 45.3 Å². The van der Waals surface area contributed by atoms with E-state index in [1.807, 2.05) is 5.48 Å². The summed E-state index contributed by atoms with van der Waals surface area (Å²) in [5, 5.41) is 0. The zero-order valence-electron chi connectivity index (χ0n) is 10.6. The van der Waals surface area contributed by atoms with E-state index >= 15 is 0 Å². The fourth-order valence-electron chi connectivity index (χ4n) is 1.10. The second-order valence-corrected chi connectivity index (χ2v) is 4.62. The highest BCUT2D eigenvalue weighted by Gasteiger charge is 2.17. The van der Waals surface area contributed by atoms with Gasteiger partial charge in [-0.3, -0.25) is 4.98 Å². The lowest BCUT2D eigenvalue weighted by Gasteiger charge is -2.19. The summed E-state index contributed by atoms with van der Waals surface area (Å²) in [6.07, 6.45) is 2.38. The average molecular weight is 252 g/mol. The number of hydroxylamine groups is 1. The molecule has 0 fully saturated rings. The number of hydrogen-bond donors (Lipinski definition) is 1. The number of carbonyl (C=O) groups excluding carboxylic acids is 2. The third kappa shape index (κ3) is 5.83. The summed E-state index contributed by atoms with van der Waals surface area (Å²) in [6, 6.07) is 3.45. The molecule has 0 aliphatic carbocycles. The van der Waals surface area contributed by atoms with Crippen LogP contribution >= 0.6 is 0 Å². The summed E-state index contributed by atoms with van der Waals surface area (Å²) < 4.78 is 4.90. The molecule has 0 atom stereocenters. The number of aromatic nitrogens is 1. The number of amides is 1. The van der Waals surface area contributed by atoms with E-state index in [-0.39, 0.29) is 6.42 Å². The van der Waals surface area contributed by atoms with Crippen molar-refractivity contribution in [3.8, 4) is 0 Å². The van der Waals surface area contributed by atoms with Crippen LogP contribution in [0.15, 0.2) is 24.5 Å². The molecule has 1 amide bonds. The highest BCUT2D eigenvalue weighted by atomic mass is 16.7. The van der Waals surface area contributed by atoms with Crippen LogP contribution < -0.4 is 5.48 Å². The predicted octanol–water partition coefficient (Wildman–Crippen LogP) is 1.61. The Morgan fingerprint density at radius 3 is 2.67 bits per heavy atom. The number of ether oxygens (including phenoxy) is 1. The Balaban J connectivity index is 2.32. The van der Waals surface area contributed by atoms with Gasteiger partial charge in [0, 0.05) is 12.4 Å². The Kier molecular flexibility index (Phi) is 4.65. The minimum Gasteiger partial charge on any atom is -0.442 e. The van der Waals surface area contributed by atoms with Crippen molar-refractivity contribution in [2.24, 2.45) is 0 Å². The van der Waals surface area contributed by atoms with Gasteiger partial charge in [-0.15, -0.1) is 5.48 Å². The minimum absolute atomic E-state index is 0.0314. The van der Waals surface area contributed by atoms with Crippen LogP contribution in [-0.2, 0) is 20.8 Å². The largest absolute Gasteiger partial charge is 0.442 e.